The van der Waals surface area contributed by atoms with Gasteiger partial charge >= 0.3 is 0 Å². The molecule has 3 heteroatoms. The highest BCUT2D eigenvalue weighted by atomic mass is 19.1. The lowest BCUT2D eigenvalue weighted by Gasteiger charge is -2.05. The molecule has 2 N–H and O–H groups in total. The van der Waals surface area contributed by atoms with E-state index in [-0.39, 0.29) is 11.9 Å². The average molecular weight is 176 g/mol. The van der Waals surface area contributed by atoms with Crippen molar-refractivity contribution in [3.8, 4) is 6.07 Å². The topological polar surface area (TPSA) is 49.8 Å². The van der Waals surface area contributed by atoms with Crippen LogP contribution in [0.4, 0.5) is 4.39 Å². The molecule has 0 aromatic heterocycles. The van der Waals surface area contributed by atoms with E-state index in [0.29, 0.717) is 11.1 Å². The maximum atomic E-state index is 13.4. The number of benzene rings is 1. The summed E-state index contributed by atoms with van der Waals surface area (Å²) in [7, 11) is 0. The molecular formula is C10H9FN2. The maximum Gasteiger partial charge on any atom is 0.129 e. The SMILES string of the molecule is N#Cc1cc(F)c2c(c1)CC[C@@H]2N. The summed E-state index contributed by atoms with van der Waals surface area (Å²) in [6.45, 7) is 0. The van der Waals surface area contributed by atoms with E-state index >= 15 is 0 Å². The predicted octanol–water partition coefficient (Wildman–Crippen LogP) is 1.64. The molecule has 0 fully saturated rings. The van der Waals surface area contributed by atoms with E-state index in [1.165, 1.54) is 6.07 Å². The fraction of sp³-hybridized carbons (Fsp3) is 0.300. The molecule has 0 heterocycles. The summed E-state index contributed by atoms with van der Waals surface area (Å²) in [5.74, 6) is -0.334. The largest absolute Gasteiger partial charge is 0.324 e. The Kier molecular flexibility index (Phi) is 1.78. The molecule has 13 heavy (non-hydrogen) atoms. The molecule has 0 unspecified atom stereocenters. The molecule has 1 aliphatic rings. The standard InChI is InChI=1S/C10H9FN2/c11-8-4-6(5-12)3-7-1-2-9(13)10(7)8/h3-4,9H,1-2,13H2/t9-/m0/s1. The number of fused-ring (bicyclic) bond motifs is 1. The van der Waals surface area contributed by atoms with Crippen LogP contribution >= 0.6 is 0 Å². The summed E-state index contributed by atoms with van der Waals surface area (Å²) >= 11 is 0. The molecule has 0 saturated carbocycles. The molecule has 0 aliphatic heterocycles. The number of nitriles is 1. The van der Waals surface area contributed by atoms with Crippen LogP contribution in [-0.2, 0) is 6.42 Å². The predicted molar refractivity (Wildman–Crippen MR) is 46.4 cm³/mol. The minimum Gasteiger partial charge on any atom is -0.324 e. The van der Waals surface area contributed by atoms with Gasteiger partial charge in [-0.25, -0.2) is 4.39 Å². The Labute approximate surface area is 75.8 Å². The van der Waals surface area contributed by atoms with Gasteiger partial charge < -0.3 is 5.73 Å². The van der Waals surface area contributed by atoms with Crippen LogP contribution in [0.25, 0.3) is 0 Å². The van der Waals surface area contributed by atoms with Gasteiger partial charge in [0.15, 0.2) is 0 Å². The molecular weight excluding hydrogens is 167 g/mol. The maximum absolute atomic E-state index is 13.4. The monoisotopic (exact) mass is 176 g/mol. The average Bonchev–Trinajstić information content (AvgIpc) is 2.48. The molecule has 1 aromatic rings. The Hall–Kier alpha value is -1.40. The molecule has 2 nitrogen and oxygen atoms in total. The quantitative estimate of drug-likeness (QED) is 0.653. The van der Waals surface area contributed by atoms with Crippen LogP contribution in [0, 0.1) is 17.1 Å². The lowest BCUT2D eigenvalue weighted by molar-refractivity contribution is 0.588. The first kappa shape index (κ1) is 8.21. The summed E-state index contributed by atoms with van der Waals surface area (Å²) in [4.78, 5) is 0. The van der Waals surface area contributed by atoms with E-state index in [0.717, 1.165) is 18.4 Å². The number of nitrogens with two attached hydrogens (primary N) is 1. The van der Waals surface area contributed by atoms with Crippen molar-refractivity contribution in [3.05, 3.63) is 34.6 Å². The lowest BCUT2D eigenvalue weighted by Crippen LogP contribution is -2.07. The number of hydrogen-bond donors (Lipinski definition) is 1. The van der Waals surface area contributed by atoms with Crippen molar-refractivity contribution in [2.75, 3.05) is 0 Å². The molecule has 0 saturated heterocycles. The van der Waals surface area contributed by atoms with Crippen LogP contribution in [0.2, 0.25) is 0 Å². The minimum atomic E-state index is -0.334. The second-order valence-electron chi connectivity index (χ2n) is 3.29. The van der Waals surface area contributed by atoms with Crippen molar-refractivity contribution in [3.63, 3.8) is 0 Å². The molecule has 1 aromatic carbocycles. The summed E-state index contributed by atoms with van der Waals surface area (Å²) in [5, 5.41) is 8.61. The van der Waals surface area contributed by atoms with Gasteiger partial charge in [-0.15, -0.1) is 0 Å². The number of hydrogen-bond acceptors (Lipinski definition) is 2. The number of aryl methyl sites for hydroxylation is 1. The van der Waals surface area contributed by atoms with Gasteiger partial charge in [0.05, 0.1) is 11.6 Å². The zero-order valence-corrected chi connectivity index (χ0v) is 7.05. The van der Waals surface area contributed by atoms with Crippen LogP contribution in [0.15, 0.2) is 12.1 Å². The molecule has 1 aliphatic carbocycles. The van der Waals surface area contributed by atoms with E-state index in [9.17, 15) is 4.39 Å². The van der Waals surface area contributed by atoms with Crippen molar-refractivity contribution in [2.45, 2.75) is 18.9 Å². The third kappa shape index (κ3) is 1.20. The smallest absolute Gasteiger partial charge is 0.129 e. The minimum absolute atomic E-state index is 0.192. The Morgan fingerprint density at radius 3 is 3.00 bits per heavy atom. The highest BCUT2D eigenvalue weighted by molar-refractivity contribution is 5.43. The number of rotatable bonds is 0. The molecule has 0 amide bonds. The van der Waals surface area contributed by atoms with Gasteiger partial charge in [0.1, 0.15) is 5.82 Å². The van der Waals surface area contributed by atoms with E-state index < -0.39 is 0 Å². The first-order valence-electron chi connectivity index (χ1n) is 4.20. The lowest BCUT2D eigenvalue weighted by atomic mass is 10.0. The Balaban J connectivity index is 2.61. The second-order valence-corrected chi connectivity index (χ2v) is 3.29. The van der Waals surface area contributed by atoms with Crippen molar-refractivity contribution in [1.29, 1.82) is 5.26 Å². The molecule has 2 rings (SSSR count). The van der Waals surface area contributed by atoms with Crippen LogP contribution in [0.1, 0.15) is 29.2 Å². The summed E-state index contributed by atoms with van der Waals surface area (Å²) in [5.41, 5.74) is 7.58. The first-order valence-corrected chi connectivity index (χ1v) is 4.20. The third-order valence-corrected chi connectivity index (χ3v) is 2.44. The van der Waals surface area contributed by atoms with Crippen molar-refractivity contribution in [2.24, 2.45) is 5.73 Å². The van der Waals surface area contributed by atoms with Gasteiger partial charge in [0, 0.05) is 11.6 Å². The summed E-state index contributed by atoms with van der Waals surface area (Å²) in [6, 6.07) is 4.72. The molecule has 0 radical (unpaired) electrons. The number of nitrogens with zero attached hydrogens (tertiary/aromatic N) is 1. The fourth-order valence-electron chi connectivity index (χ4n) is 1.82. The zero-order valence-electron chi connectivity index (χ0n) is 7.05. The van der Waals surface area contributed by atoms with Gasteiger partial charge in [-0.3, -0.25) is 0 Å². The third-order valence-electron chi connectivity index (χ3n) is 2.44. The zero-order chi connectivity index (χ0) is 9.42. The van der Waals surface area contributed by atoms with Crippen molar-refractivity contribution < 1.29 is 4.39 Å². The van der Waals surface area contributed by atoms with Crippen LogP contribution in [0.3, 0.4) is 0 Å². The second kappa shape index (κ2) is 2.82. The summed E-state index contributed by atoms with van der Waals surface area (Å²) < 4.78 is 13.4. The molecule has 66 valence electrons. The van der Waals surface area contributed by atoms with Gasteiger partial charge in [0.25, 0.3) is 0 Å². The Bertz CT molecular complexity index is 393. The van der Waals surface area contributed by atoms with Gasteiger partial charge in [0.2, 0.25) is 0 Å². The fourth-order valence-corrected chi connectivity index (χ4v) is 1.82. The van der Waals surface area contributed by atoms with Gasteiger partial charge in [-0.05, 0) is 30.5 Å². The van der Waals surface area contributed by atoms with Crippen molar-refractivity contribution in [1.82, 2.24) is 0 Å². The molecule has 0 spiro atoms. The van der Waals surface area contributed by atoms with Crippen LogP contribution in [0.5, 0.6) is 0 Å². The van der Waals surface area contributed by atoms with Gasteiger partial charge in [-0.1, -0.05) is 0 Å². The van der Waals surface area contributed by atoms with Crippen LogP contribution < -0.4 is 5.73 Å². The van der Waals surface area contributed by atoms with E-state index in [4.69, 9.17) is 11.0 Å². The van der Waals surface area contributed by atoms with E-state index in [1.54, 1.807) is 6.07 Å². The van der Waals surface area contributed by atoms with E-state index in [1.807, 2.05) is 6.07 Å². The number of halogens is 1. The van der Waals surface area contributed by atoms with Crippen molar-refractivity contribution >= 4 is 0 Å². The highest BCUT2D eigenvalue weighted by Gasteiger charge is 2.23. The Morgan fingerprint density at radius 1 is 1.54 bits per heavy atom. The normalized spacial score (nSPS) is 19.6. The van der Waals surface area contributed by atoms with E-state index in [2.05, 4.69) is 0 Å². The molecule has 1 atom stereocenters. The Morgan fingerprint density at radius 2 is 2.31 bits per heavy atom. The van der Waals surface area contributed by atoms with Crippen LogP contribution in [-0.4, -0.2) is 0 Å². The first-order chi connectivity index (χ1) is 6.22. The molecule has 0 bridgehead atoms. The van der Waals surface area contributed by atoms with Gasteiger partial charge in [-0.2, -0.15) is 5.26 Å². The highest BCUT2D eigenvalue weighted by Crippen LogP contribution is 2.32. The summed E-state index contributed by atoms with van der Waals surface area (Å²) in [6.07, 6.45) is 1.56.